The number of nitrogens with zero attached hydrogens (tertiary/aromatic N) is 1. The maximum atomic E-state index is 13.3. The summed E-state index contributed by atoms with van der Waals surface area (Å²) in [4.78, 5) is 14.9. The van der Waals surface area contributed by atoms with Crippen LogP contribution in [0.1, 0.15) is 10.4 Å². The van der Waals surface area contributed by atoms with E-state index < -0.39 is 11.8 Å². The van der Waals surface area contributed by atoms with Crippen molar-refractivity contribution in [1.29, 1.82) is 0 Å². The molecule has 0 saturated heterocycles. The molecule has 1 aromatic heterocycles. The average molecular weight is 247 g/mol. The summed E-state index contributed by atoms with van der Waals surface area (Å²) in [7, 11) is 1.47. The predicted molar refractivity (Wildman–Crippen MR) is 63.1 cm³/mol. The molecule has 0 fully saturated rings. The first-order valence-electron chi connectivity index (χ1n) is 5.15. The molecule has 18 heavy (non-hydrogen) atoms. The van der Waals surface area contributed by atoms with Gasteiger partial charge in [0.1, 0.15) is 5.82 Å². The van der Waals surface area contributed by atoms with Crippen LogP contribution in [0.4, 0.5) is 4.39 Å². The van der Waals surface area contributed by atoms with Gasteiger partial charge in [-0.15, -0.1) is 0 Å². The van der Waals surface area contributed by atoms with Crippen LogP contribution in [0.5, 0.6) is 5.88 Å². The molecule has 0 spiro atoms. The molecule has 92 valence electrons. The zero-order valence-corrected chi connectivity index (χ0v) is 9.55. The SMILES string of the molecule is COc1ncccc1-c1ccc(F)c(C(=O)O)c1. The van der Waals surface area contributed by atoms with Gasteiger partial charge in [-0.2, -0.15) is 0 Å². The largest absolute Gasteiger partial charge is 0.481 e. The first-order chi connectivity index (χ1) is 8.63. The van der Waals surface area contributed by atoms with Crippen molar-refractivity contribution < 1.29 is 19.0 Å². The van der Waals surface area contributed by atoms with Gasteiger partial charge in [-0.25, -0.2) is 14.2 Å². The van der Waals surface area contributed by atoms with E-state index in [-0.39, 0.29) is 5.56 Å². The Morgan fingerprint density at radius 1 is 1.39 bits per heavy atom. The number of aromatic nitrogens is 1. The highest BCUT2D eigenvalue weighted by atomic mass is 19.1. The van der Waals surface area contributed by atoms with Crippen LogP contribution in [-0.4, -0.2) is 23.2 Å². The second kappa shape index (κ2) is 4.83. The van der Waals surface area contributed by atoms with E-state index in [0.717, 1.165) is 6.07 Å². The Labute approximate surface area is 103 Å². The van der Waals surface area contributed by atoms with Gasteiger partial charge in [-0.1, -0.05) is 6.07 Å². The van der Waals surface area contributed by atoms with E-state index in [1.165, 1.54) is 19.2 Å². The Morgan fingerprint density at radius 2 is 2.17 bits per heavy atom. The molecule has 2 aromatic rings. The van der Waals surface area contributed by atoms with Crippen molar-refractivity contribution in [3.05, 3.63) is 47.9 Å². The third-order valence-corrected chi connectivity index (χ3v) is 2.47. The van der Waals surface area contributed by atoms with Gasteiger partial charge in [-0.05, 0) is 29.8 Å². The number of hydrogen-bond donors (Lipinski definition) is 1. The van der Waals surface area contributed by atoms with Crippen molar-refractivity contribution in [1.82, 2.24) is 4.98 Å². The molecule has 1 aromatic carbocycles. The highest BCUT2D eigenvalue weighted by Gasteiger charge is 2.13. The lowest BCUT2D eigenvalue weighted by Crippen LogP contribution is -2.01. The zero-order valence-electron chi connectivity index (χ0n) is 9.55. The van der Waals surface area contributed by atoms with Crippen LogP contribution in [0.15, 0.2) is 36.5 Å². The fourth-order valence-corrected chi connectivity index (χ4v) is 1.63. The van der Waals surface area contributed by atoms with E-state index in [4.69, 9.17) is 9.84 Å². The highest BCUT2D eigenvalue weighted by molar-refractivity contribution is 5.90. The van der Waals surface area contributed by atoms with Crippen molar-refractivity contribution in [2.45, 2.75) is 0 Å². The van der Waals surface area contributed by atoms with Gasteiger partial charge in [-0.3, -0.25) is 0 Å². The lowest BCUT2D eigenvalue weighted by atomic mass is 10.0. The maximum absolute atomic E-state index is 13.3. The molecule has 4 nitrogen and oxygen atoms in total. The molecule has 0 bridgehead atoms. The number of carboxylic acid groups (broad SMARTS) is 1. The summed E-state index contributed by atoms with van der Waals surface area (Å²) in [6.45, 7) is 0. The van der Waals surface area contributed by atoms with Gasteiger partial charge in [0.25, 0.3) is 0 Å². The third kappa shape index (κ3) is 2.15. The van der Waals surface area contributed by atoms with Gasteiger partial charge in [0.05, 0.1) is 12.7 Å². The molecule has 5 heteroatoms. The summed E-state index contributed by atoms with van der Waals surface area (Å²) in [5.41, 5.74) is 0.777. The Balaban J connectivity index is 2.58. The topological polar surface area (TPSA) is 59.4 Å². The van der Waals surface area contributed by atoms with E-state index in [1.54, 1.807) is 18.3 Å². The number of ether oxygens (including phenoxy) is 1. The number of aromatic carboxylic acids is 1. The number of rotatable bonds is 3. The molecule has 1 N–H and O–H groups in total. The summed E-state index contributed by atoms with van der Waals surface area (Å²) in [6.07, 6.45) is 1.56. The molecule has 2 rings (SSSR count). The molecule has 0 radical (unpaired) electrons. The molecule has 0 aliphatic carbocycles. The summed E-state index contributed by atoms with van der Waals surface area (Å²) >= 11 is 0. The van der Waals surface area contributed by atoms with Crippen molar-refractivity contribution in [2.24, 2.45) is 0 Å². The van der Waals surface area contributed by atoms with Crippen LogP contribution in [0.25, 0.3) is 11.1 Å². The third-order valence-electron chi connectivity index (χ3n) is 2.47. The fraction of sp³-hybridized carbons (Fsp3) is 0.0769. The molecule has 0 amide bonds. The standard InChI is InChI=1S/C13H10FNO3/c1-18-12-9(3-2-6-15-12)8-4-5-11(14)10(7-8)13(16)17/h2-7H,1H3,(H,16,17). The number of halogens is 1. The Kier molecular flexibility index (Phi) is 3.23. The van der Waals surface area contributed by atoms with E-state index in [2.05, 4.69) is 4.98 Å². The smallest absolute Gasteiger partial charge is 0.338 e. The number of methoxy groups -OCH3 is 1. The molecule has 0 aliphatic heterocycles. The van der Waals surface area contributed by atoms with E-state index in [9.17, 15) is 9.18 Å². The quantitative estimate of drug-likeness (QED) is 0.905. The minimum atomic E-state index is -1.31. The van der Waals surface area contributed by atoms with E-state index in [1.807, 2.05) is 0 Å². The van der Waals surface area contributed by atoms with Crippen LogP contribution >= 0.6 is 0 Å². The number of carboxylic acids is 1. The van der Waals surface area contributed by atoms with Crippen molar-refractivity contribution in [2.75, 3.05) is 7.11 Å². The number of benzene rings is 1. The summed E-state index contributed by atoms with van der Waals surface area (Å²) in [5.74, 6) is -1.72. The minimum Gasteiger partial charge on any atom is -0.481 e. The van der Waals surface area contributed by atoms with E-state index in [0.29, 0.717) is 17.0 Å². The molecular formula is C13H10FNO3. The van der Waals surface area contributed by atoms with Gasteiger partial charge >= 0.3 is 5.97 Å². The van der Waals surface area contributed by atoms with Crippen molar-refractivity contribution >= 4 is 5.97 Å². The van der Waals surface area contributed by atoms with Crippen LogP contribution in [0, 0.1) is 5.82 Å². The Hall–Kier alpha value is -2.43. The summed E-state index contributed by atoms with van der Waals surface area (Å²) in [5, 5.41) is 8.88. The average Bonchev–Trinajstić information content (AvgIpc) is 2.39. The van der Waals surface area contributed by atoms with Crippen LogP contribution in [-0.2, 0) is 0 Å². The first kappa shape index (κ1) is 12.0. The summed E-state index contributed by atoms with van der Waals surface area (Å²) in [6, 6.07) is 7.29. The molecule has 0 atom stereocenters. The van der Waals surface area contributed by atoms with Gasteiger partial charge in [0.15, 0.2) is 0 Å². The van der Waals surface area contributed by atoms with Gasteiger partial charge in [0, 0.05) is 11.8 Å². The van der Waals surface area contributed by atoms with Crippen molar-refractivity contribution in [3.63, 3.8) is 0 Å². The first-order valence-corrected chi connectivity index (χ1v) is 5.15. The lowest BCUT2D eigenvalue weighted by Gasteiger charge is -2.08. The molecule has 0 aliphatic rings. The predicted octanol–water partition coefficient (Wildman–Crippen LogP) is 2.59. The number of pyridine rings is 1. The highest BCUT2D eigenvalue weighted by Crippen LogP contribution is 2.28. The molecule has 1 heterocycles. The summed E-state index contributed by atoms with van der Waals surface area (Å²) < 4.78 is 18.4. The lowest BCUT2D eigenvalue weighted by molar-refractivity contribution is 0.0692. The second-order valence-corrected chi connectivity index (χ2v) is 3.56. The van der Waals surface area contributed by atoms with Crippen LogP contribution < -0.4 is 4.74 Å². The van der Waals surface area contributed by atoms with Crippen LogP contribution in [0.3, 0.4) is 0 Å². The second-order valence-electron chi connectivity index (χ2n) is 3.56. The number of hydrogen-bond acceptors (Lipinski definition) is 3. The number of carbonyl (C=O) groups is 1. The van der Waals surface area contributed by atoms with Crippen molar-refractivity contribution in [3.8, 4) is 17.0 Å². The minimum absolute atomic E-state index is 0.362. The molecular weight excluding hydrogens is 237 g/mol. The molecule has 0 saturated carbocycles. The fourth-order valence-electron chi connectivity index (χ4n) is 1.63. The van der Waals surface area contributed by atoms with Crippen LogP contribution in [0.2, 0.25) is 0 Å². The molecule has 0 unspecified atom stereocenters. The normalized spacial score (nSPS) is 10.1. The Bertz CT molecular complexity index is 599. The zero-order chi connectivity index (χ0) is 13.1. The van der Waals surface area contributed by atoms with Gasteiger partial charge in [0.2, 0.25) is 5.88 Å². The monoisotopic (exact) mass is 247 g/mol. The Morgan fingerprint density at radius 3 is 2.83 bits per heavy atom. The van der Waals surface area contributed by atoms with Gasteiger partial charge < -0.3 is 9.84 Å². The maximum Gasteiger partial charge on any atom is 0.338 e. The van der Waals surface area contributed by atoms with E-state index >= 15 is 0 Å².